The predicted octanol–water partition coefficient (Wildman–Crippen LogP) is 5.20. The normalized spacial score (nSPS) is 27.6. The summed E-state index contributed by atoms with van der Waals surface area (Å²) < 4.78 is 33.6. The SMILES string of the molecule is CCOc1ccc(C2=CCC3C(CC)CCC23)c(F)c1F. The molecule has 0 spiro atoms. The summed E-state index contributed by atoms with van der Waals surface area (Å²) in [6.07, 6.45) is 6.62. The average Bonchev–Trinajstić information content (AvgIpc) is 3.06. The molecule has 1 aromatic carbocycles. The molecule has 0 amide bonds. The highest BCUT2D eigenvalue weighted by atomic mass is 19.2. The van der Waals surface area contributed by atoms with E-state index in [1.165, 1.54) is 12.8 Å². The minimum Gasteiger partial charge on any atom is -0.491 e. The van der Waals surface area contributed by atoms with Gasteiger partial charge in [0.15, 0.2) is 11.6 Å². The Balaban J connectivity index is 1.90. The number of hydrogen-bond donors (Lipinski definition) is 0. The van der Waals surface area contributed by atoms with E-state index in [9.17, 15) is 8.78 Å². The number of allylic oxidation sites excluding steroid dienone is 2. The molecule has 3 atom stereocenters. The van der Waals surface area contributed by atoms with E-state index < -0.39 is 11.6 Å². The Labute approximate surface area is 125 Å². The van der Waals surface area contributed by atoms with Crippen LogP contribution in [0.25, 0.3) is 5.57 Å². The zero-order valence-corrected chi connectivity index (χ0v) is 12.7. The van der Waals surface area contributed by atoms with Crippen molar-refractivity contribution in [3.8, 4) is 5.75 Å². The Morgan fingerprint density at radius 2 is 1.95 bits per heavy atom. The van der Waals surface area contributed by atoms with E-state index in [0.29, 0.717) is 24.0 Å². The molecule has 2 aliphatic rings. The Kier molecular flexibility index (Phi) is 4.01. The second-order valence-electron chi connectivity index (χ2n) is 6.08. The fourth-order valence-corrected chi connectivity index (χ4v) is 4.15. The summed E-state index contributed by atoms with van der Waals surface area (Å²) in [5.74, 6) is 0.156. The monoisotopic (exact) mass is 292 g/mol. The largest absolute Gasteiger partial charge is 0.491 e. The summed E-state index contributed by atoms with van der Waals surface area (Å²) in [6.45, 7) is 4.32. The van der Waals surface area contributed by atoms with Gasteiger partial charge in [-0.25, -0.2) is 4.39 Å². The number of rotatable bonds is 4. The van der Waals surface area contributed by atoms with Gasteiger partial charge in [-0.1, -0.05) is 19.4 Å². The number of halogens is 2. The van der Waals surface area contributed by atoms with Gasteiger partial charge in [0.2, 0.25) is 5.82 Å². The quantitative estimate of drug-likeness (QED) is 0.741. The molecule has 0 heterocycles. The molecular formula is C18H22F2O. The fourth-order valence-electron chi connectivity index (χ4n) is 4.15. The van der Waals surface area contributed by atoms with Gasteiger partial charge in [0.25, 0.3) is 0 Å². The molecule has 1 nitrogen and oxygen atoms in total. The van der Waals surface area contributed by atoms with E-state index in [1.54, 1.807) is 19.1 Å². The fraction of sp³-hybridized carbons (Fsp3) is 0.556. The summed E-state index contributed by atoms with van der Waals surface area (Å²) in [5.41, 5.74) is 1.44. The van der Waals surface area contributed by atoms with E-state index >= 15 is 0 Å². The van der Waals surface area contributed by atoms with Crippen molar-refractivity contribution < 1.29 is 13.5 Å². The topological polar surface area (TPSA) is 9.23 Å². The highest BCUT2D eigenvalue weighted by molar-refractivity contribution is 5.71. The van der Waals surface area contributed by atoms with Gasteiger partial charge in [-0.2, -0.15) is 4.39 Å². The molecule has 1 aromatic rings. The maximum absolute atomic E-state index is 14.4. The van der Waals surface area contributed by atoms with Crippen LogP contribution in [0.15, 0.2) is 18.2 Å². The molecule has 1 fully saturated rings. The Morgan fingerprint density at radius 1 is 1.14 bits per heavy atom. The standard InChI is InChI=1S/C18H22F2O/c1-3-11-5-6-13-12(11)7-8-14(13)15-9-10-16(21-4-2)18(20)17(15)19/h8-13H,3-7H2,1-2H3. The maximum Gasteiger partial charge on any atom is 0.201 e. The van der Waals surface area contributed by atoms with E-state index in [-0.39, 0.29) is 5.75 Å². The van der Waals surface area contributed by atoms with Crippen molar-refractivity contribution >= 4 is 5.57 Å². The van der Waals surface area contributed by atoms with Crippen molar-refractivity contribution in [2.24, 2.45) is 17.8 Å². The van der Waals surface area contributed by atoms with Crippen LogP contribution in [0.1, 0.15) is 45.1 Å². The first-order valence-electron chi connectivity index (χ1n) is 7.98. The molecule has 3 heteroatoms. The highest BCUT2D eigenvalue weighted by Gasteiger charge is 2.40. The molecule has 0 bridgehead atoms. The Bertz CT molecular complexity index is 565. The molecule has 114 valence electrons. The van der Waals surface area contributed by atoms with E-state index in [1.807, 2.05) is 0 Å². The summed E-state index contributed by atoms with van der Waals surface area (Å²) in [6, 6.07) is 3.23. The van der Waals surface area contributed by atoms with Crippen LogP contribution in [-0.2, 0) is 0 Å². The van der Waals surface area contributed by atoms with Gasteiger partial charge in [0, 0.05) is 5.56 Å². The van der Waals surface area contributed by atoms with Gasteiger partial charge in [-0.3, -0.25) is 0 Å². The van der Waals surface area contributed by atoms with Gasteiger partial charge in [-0.05, 0) is 61.6 Å². The first kappa shape index (κ1) is 14.6. The van der Waals surface area contributed by atoms with Gasteiger partial charge in [0.1, 0.15) is 0 Å². The van der Waals surface area contributed by atoms with Crippen LogP contribution in [-0.4, -0.2) is 6.61 Å². The molecule has 21 heavy (non-hydrogen) atoms. The lowest BCUT2D eigenvalue weighted by Crippen LogP contribution is -2.11. The number of hydrogen-bond acceptors (Lipinski definition) is 1. The summed E-state index contributed by atoms with van der Waals surface area (Å²) in [7, 11) is 0. The van der Waals surface area contributed by atoms with Crippen molar-refractivity contribution in [3.05, 3.63) is 35.4 Å². The third-order valence-electron chi connectivity index (χ3n) is 5.16. The van der Waals surface area contributed by atoms with Crippen molar-refractivity contribution in [3.63, 3.8) is 0 Å². The van der Waals surface area contributed by atoms with Gasteiger partial charge >= 0.3 is 0 Å². The first-order valence-corrected chi connectivity index (χ1v) is 7.98. The lowest BCUT2D eigenvalue weighted by atomic mass is 9.86. The molecule has 1 saturated carbocycles. The van der Waals surface area contributed by atoms with Crippen LogP contribution in [0.2, 0.25) is 0 Å². The second kappa shape index (κ2) is 5.78. The molecule has 0 aromatic heterocycles. The van der Waals surface area contributed by atoms with Crippen molar-refractivity contribution in [1.29, 1.82) is 0 Å². The first-order chi connectivity index (χ1) is 10.2. The van der Waals surface area contributed by atoms with E-state index in [2.05, 4.69) is 13.0 Å². The molecule has 3 rings (SSSR count). The summed E-state index contributed by atoms with van der Waals surface area (Å²) in [5, 5.41) is 0. The van der Waals surface area contributed by atoms with Crippen LogP contribution in [0, 0.1) is 29.4 Å². The minimum absolute atomic E-state index is 0.00625. The number of ether oxygens (including phenoxy) is 1. The molecular weight excluding hydrogens is 270 g/mol. The molecule has 0 N–H and O–H groups in total. The number of fused-ring (bicyclic) bond motifs is 1. The Morgan fingerprint density at radius 3 is 2.67 bits per heavy atom. The van der Waals surface area contributed by atoms with Crippen LogP contribution in [0.4, 0.5) is 8.78 Å². The molecule has 0 aliphatic heterocycles. The van der Waals surface area contributed by atoms with Gasteiger partial charge in [-0.15, -0.1) is 0 Å². The molecule has 3 unspecified atom stereocenters. The molecule has 0 saturated heterocycles. The summed E-state index contributed by atoms with van der Waals surface area (Å²) >= 11 is 0. The third kappa shape index (κ3) is 2.37. The maximum atomic E-state index is 14.4. The number of benzene rings is 1. The smallest absolute Gasteiger partial charge is 0.201 e. The zero-order chi connectivity index (χ0) is 15.0. The van der Waals surface area contributed by atoms with E-state index in [0.717, 1.165) is 24.3 Å². The van der Waals surface area contributed by atoms with Crippen LogP contribution < -0.4 is 4.74 Å². The highest BCUT2D eigenvalue weighted by Crippen LogP contribution is 2.52. The second-order valence-corrected chi connectivity index (χ2v) is 6.08. The lowest BCUT2D eigenvalue weighted by molar-refractivity contribution is 0.313. The zero-order valence-electron chi connectivity index (χ0n) is 12.7. The minimum atomic E-state index is -0.858. The van der Waals surface area contributed by atoms with Gasteiger partial charge in [0.05, 0.1) is 6.61 Å². The molecule has 0 radical (unpaired) electrons. The van der Waals surface area contributed by atoms with Crippen molar-refractivity contribution in [2.45, 2.75) is 39.5 Å². The molecule has 2 aliphatic carbocycles. The third-order valence-corrected chi connectivity index (χ3v) is 5.16. The predicted molar refractivity (Wildman–Crippen MR) is 80.1 cm³/mol. The van der Waals surface area contributed by atoms with Crippen LogP contribution in [0.5, 0.6) is 5.75 Å². The lowest BCUT2D eigenvalue weighted by Gasteiger charge is -2.19. The average molecular weight is 292 g/mol. The Hall–Kier alpha value is -1.38. The van der Waals surface area contributed by atoms with Crippen LogP contribution >= 0.6 is 0 Å². The van der Waals surface area contributed by atoms with Gasteiger partial charge < -0.3 is 4.74 Å². The van der Waals surface area contributed by atoms with Crippen LogP contribution in [0.3, 0.4) is 0 Å². The van der Waals surface area contributed by atoms with E-state index in [4.69, 9.17) is 4.74 Å². The van der Waals surface area contributed by atoms with Crippen molar-refractivity contribution in [2.75, 3.05) is 6.61 Å². The van der Waals surface area contributed by atoms with Crippen molar-refractivity contribution in [1.82, 2.24) is 0 Å². The summed E-state index contributed by atoms with van der Waals surface area (Å²) in [4.78, 5) is 0.